The summed E-state index contributed by atoms with van der Waals surface area (Å²) in [6, 6.07) is 7.62. The highest BCUT2D eigenvalue weighted by Gasteiger charge is 2.30. The van der Waals surface area contributed by atoms with E-state index in [9.17, 15) is 4.79 Å². The van der Waals surface area contributed by atoms with E-state index in [1.54, 1.807) is 13.8 Å². The van der Waals surface area contributed by atoms with Crippen LogP contribution in [0, 0.1) is 0 Å². The lowest BCUT2D eigenvalue weighted by Gasteiger charge is -2.24. The van der Waals surface area contributed by atoms with E-state index >= 15 is 0 Å². The number of aliphatic carboxylic acids is 1. The van der Waals surface area contributed by atoms with Crippen molar-refractivity contribution < 1.29 is 14.6 Å². The van der Waals surface area contributed by atoms with Gasteiger partial charge in [0.25, 0.3) is 0 Å². The molecule has 1 aromatic carbocycles. The highest BCUT2D eigenvalue weighted by atomic mass is 16.5. The summed E-state index contributed by atoms with van der Waals surface area (Å²) in [6.07, 6.45) is 0.994. The van der Waals surface area contributed by atoms with Crippen LogP contribution in [0.3, 0.4) is 0 Å². The first-order valence-electron chi connectivity index (χ1n) is 5.89. The first-order valence-corrected chi connectivity index (χ1v) is 5.89. The second-order valence-corrected chi connectivity index (χ2v) is 4.76. The topological polar surface area (TPSA) is 46.5 Å². The summed E-state index contributed by atoms with van der Waals surface area (Å²) in [5.74, 6) is 0.0569. The van der Waals surface area contributed by atoms with Crippen molar-refractivity contribution >= 4 is 5.97 Å². The number of para-hydroxylation sites is 1. The number of carboxylic acids is 1. The number of ether oxygens (including phenoxy) is 1. The van der Waals surface area contributed by atoms with Crippen molar-refractivity contribution in [2.24, 2.45) is 0 Å². The number of carbonyl (C=O) groups is 1. The van der Waals surface area contributed by atoms with Crippen LogP contribution >= 0.6 is 0 Å². The zero-order valence-electron chi connectivity index (χ0n) is 10.9. The molecule has 0 aliphatic rings. The lowest BCUT2D eigenvalue weighted by molar-refractivity contribution is -0.152. The van der Waals surface area contributed by atoms with E-state index in [1.807, 2.05) is 24.3 Å². The van der Waals surface area contributed by atoms with Gasteiger partial charge in [-0.25, -0.2) is 4.79 Å². The van der Waals surface area contributed by atoms with Crippen LogP contribution in [0.2, 0.25) is 0 Å². The zero-order valence-corrected chi connectivity index (χ0v) is 10.9. The largest absolute Gasteiger partial charge is 0.478 e. The first-order chi connectivity index (χ1) is 7.88. The fourth-order valence-electron chi connectivity index (χ4n) is 1.52. The molecule has 0 saturated heterocycles. The molecule has 0 bridgehead atoms. The molecule has 0 aliphatic heterocycles. The van der Waals surface area contributed by atoms with Crippen molar-refractivity contribution in [3.05, 3.63) is 29.8 Å². The molecule has 3 heteroatoms. The van der Waals surface area contributed by atoms with E-state index in [1.165, 1.54) is 0 Å². The highest BCUT2D eigenvalue weighted by Crippen LogP contribution is 2.30. The molecule has 0 heterocycles. The fourth-order valence-corrected chi connectivity index (χ4v) is 1.52. The molecule has 0 aromatic heterocycles. The summed E-state index contributed by atoms with van der Waals surface area (Å²) >= 11 is 0. The number of hydrogen-bond acceptors (Lipinski definition) is 2. The smallest absolute Gasteiger partial charge is 0.347 e. The van der Waals surface area contributed by atoms with Gasteiger partial charge in [-0.05, 0) is 37.8 Å². The summed E-state index contributed by atoms with van der Waals surface area (Å²) < 4.78 is 5.62. The SMILES string of the molecule is CCC(C)c1ccccc1OC(C)(C)C(=O)O. The quantitative estimate of drug-likeness (QED) is 0.851. The van der Waals surface area contributed by atoms with E-state index in [4.69, 9.17) is 9.84 Å². The molecular weight excluding hydrogens is 216 g/mol. The molecule has 1 atom stereocenters. The number of benzene rings is 1. The van der Waals surface area contributed by atoms with Crippen molar-refractivity contribution in [3.8, 4) is 5.75 Å². The van der Waals surface area contributed by atoms with Gasteiger partial charge in [0.2, 0.25) is 0 Å². The van der Waals surface area contributed by atoms with E-state index in [0.717, 1.165) is 12.0 Å². The maximum Gasteiger partial charge on any atom is 0.347 e. The molecule has 3 nitrogen and oxygen atoms in total. The molecule has 0 spiro atoms. The second-order valence-electron chi connectivity index (χ2n) is 4.76. The first kappa shape index (κ1) is 13.6. The molecule has 0 radical (unpaired) electrons. The van der Waals surface area contributed by atoms with Crippen LogP contribution < -0.4 is 4.74 Å². The summed E-state index contributed by atoms with van der Waals surface area (Å²) in [5, 5.41) is 9.06. The third-order valence-electron chi connectivity index (χ3n) is 2.94. The normalized spacial score (nSPS) is 13.2. The zero-order chi connectivity index (χ0) is 13.1. The Morgan fingerprint density at radius 3 is 2.53 bits per heavy atom. The van der Waals surface area contributed by atoms with Crippen molar-refractivity contribution in [1.29, 1.82) is 0 Å². The summed E-state index contributed by atoms with van der Waals surface area (Å²) in [5.41, 5.74) is -0.145. The van der Waals surface area contributed by atoms with E-state index in [-0.39, 0.29) is 0 Å². The van der Waals surface area contributed by atoms with Crippen LogP contribution in [0.25, 0.3) is 0 Å². The van der Waals surface area contributed by atoms with Gasteiger partial charge in [-0.3, -0.25) is 0 Å². The van der Waals surface area contributed by atoms with Gasteiger partial charge in [0, 0.05) is 0 Å². The van der Waals surface area contributed by atoms with Crippen molar-refractivity contribution in [1.82, 2.24) is 0 Å². The van der Waals surface area contributed by atoms with E-state index < -0.39 is 11.6 Å². The van der Waals surface area contributed by atoms with Gasteiger partial charge < -0.3 is 9.84 Å². The van der Waals surface area contributed by atoms with Crippen LogP contribution in [0.4, 0.5) is 0 Å². The Hall–Kier alpha value is -1.51. The molecule has 0 amide bonds. The van der Waals surface area contributed by atoms with Crippen LogP contribution in [0.5, 0.6) is 5.75 Å². The van der Waals surface area contributed by atoms with E-state index in [0.29, 0.717) is 11.7 Å². The van der Waals surface area contributed by atoms with Crippen LogP contribution in [0.1, 0.15) is 45.6 Å². The Morgan fingerprint density at radius 1 is 1.41 bits per heavy atom. The van der Waals surface area contributed by atoms with Gasteiger partial charge in [-0.15, -0.1) is 0 Å². The predicted octanol–water partition coefficient (Wildman–Crippen LogP) is 3.44. The molecule has 1 unspecified atom stereocenters. The average molecular weight is 236 g/mol. The maximum absolute atomic E-state index is 11.1. The second kappa shape index (κ2) is 5.21. The van der Waals surface area contributed by atoms with Crippen molar-refractivity contribution in [3.63, 3.8) is 0 Å². The van der Waals surface area contributed by atoms with Crippen molar-refractivity contribution in [2.45, 2.75) is 45.6 Å². The van der Waals surface area contributed by atoms with Gasteiger partial charge in [0.05, 0.1) is 0 Å². The van der Waals surface area contributed by atoms with Gasteiger partial charge in [-0.1, -0.05) is 32.0 Å². The van der Waals surface area contributed by atoms with Crippen molar-refractivity contribution in [2.75, 3.05) is 0 Å². The third kappa shape index (κ3) is 3.22. The molecule has 17 heavy (non-hydrogen) atoms. The number of rotatable bonds is 5. The van der Waals surface area contributed by atoms with E-state index in [2.05, 4.69) is 13.8 Å². The Balaban J connectivity index is 3.02. The minimum Gasteiger partial charge on any atom is -0.478 e. The standard InChI is InChI=1S/C14H20O3/c1-5-10(2)11-8-6-7-9-12(11)17-14(3,4)13(15)16/h6-10H,5H2,1-4H3,(H,15,16). The molecule has 0 saturated carbocycles. The summed E-state index contributed by atoms with van der Waals surface area (Å²) in [6.45, 7) is 7.32. The Labute approximate surface area is 102 Å². The monoisotopic (exact) mass is 236 g/mol. The maximum atomic E-state index is 11.1. The highest BCUT2D eigenvalue weighted by molar-refractivity contribution is 5.76. The van der Waals surface area contributed by atoms with Crippen LogP contribution in [0.15, 0.2) is 24.3 Å². The third-order valence-corrected chi connectivity index (χ3v) is 2.94. The minimum absolute atomic E-state index is 0.357. The number of carboxylic acid groups (broad SMARTS) is 1. The fraction of sp³-hybridized carbons (Fsp3) is 0.500. The summed E-state index contributed by atoms with van der Waals surface area (Å²) in [4.78, 5) is 11.1. The summed E-state index contributed by atoms with van der Waals surface area (Å²) in [7, 11) is 0. The molecule has 1 aromatic rings. The average Bonchev–Trinajstić information content (AvgIpc) is 2.28. The molecule has 0 fully saturated rings. The van der Waals surface area contributed by atoms with Gasteiger partial charge in [0.1, 0.15) is 5.75 Å². The van der Waals surface area contributed by atoms with Gasteiger partial charge in [0.15, 0.2) is 5.60 Å². The minimum atomic E-state index is -1.20. The van der Waals surface area contributed by atoms with Gasteiger partial charge in [-0.2, -0.15) is 0 Å². The lowest BCUT2D eigenvalue weighted by atomic mass is 9.97. The Bertz CT molecular complexity index is 396. The Morgan fingerprint density at radius 2 is 2.00 bits per heavy atom. The molecule has 1 N–H and O–H groups in total. The predicted molar refractivity (Wildman–Crippen MR) is 67.5 cm³/mol. The molecule has 1 rings (SSSR count). The molecule has 0 aliphatic carbocycles. The van der Waals surface area contributed by atoms with Crippen LogP contribution in [-0.2, 0) is 4.79 Å². The van der Waals surface area contributed by atoms with Crippen LogP contribution in [-0.4, -0.2) is 16.7 Å². The molecular formula is C14H20O3. The van der Waals surface area contributed by atoms with Gasteiger partial charge >= 0.3 is 5.97 Å². The number of hydrogen-bond donors (Lipinski definition) is 1. The Kier molecular flexibility index (Phi) is 4.16. The lowest BCUT2D eigenvalue weighted by Crippen LogP contribution is -2.38. The molecule has 94 valence electrons.